The molecule has 0 aliphatic heterocycles. The molecule has 2 N–H and O–H groups in total. The molecule has 1 amide bonds. The van der Waals surface area contributed by atoms with Gasteiger partial charge in [0.2, 0.25) is 0 Å². The maximum atomic E-state index is 12.6. The number of sulfonamides is 1. The number of halogens is 1. The van der Waals surface area contributed by atoms with E-state index in [9.17, 15) is 13.2 Å². The smallest absolute Gasteiger partial charge is 0.261 e. The lowest BCUT2D eigenvalue weighted by Crippen LogP contribution is -2.14. The van der Waals surface area contributed by atoms with E-state index in [1.165, 1.54) is 43.5 Å². The molecule has 0 radical (unpaired) electrons. The zero-order valence-corrected chi connectivity index (χ0v) is 18.5. The second-order valence-corrected chi connectivity index (χ2v) is 8.50. The number of ether oxygens (including phenoxy) is 2. The predicted molar refractivity (Wildman–Crippen MR) is 121 cm³/mol. The van der Waals surface area contributed by atoms with E-state index in [-0.39, 0.29) is 10.8 Å². The first-order valence-electron chi connectivity index (χ1n) is 9.33. The van der Waals surface area contributed by atoms with Gasteiger partial charge >= 0.3 is 0 Å². The van der Waals surface area contributed by atoms with Gasteiger partial charge in [-0.15, -0.1) is 0 Å². The van der Waals surface area contributed by atoms with Crippen molar-refractivity contribution in [2.45, 2.75) is 11.8 Å². The Kier molecular flexibility index (Phi) is 7.04. The molecule has 0 saturated carbocycles. The summed E-state index contributed by atoms with van der Waals surface area (Å²) in [4.78, 5) is 12.6. The van der Waals surface area contributed by atoms with Crippen molar-refractivity contribution in [3.8, 4) is 11.5 Å². The van der Waals surface area contributed by atoms with Gasteiger partial charge in [0.05, 0.1) is 24.3 Å². The van der Waals surface area contributed by atoms with Crippen LogP contribution in [0.25, 0.3) is 0 Å². The molecule has 0 spiro atoms. The molecule has 0 aliphatic carbocycles. The molecule has 9 heteroatoms. The quantitative estimate of drug-likeness (QED) is 0.503. The van der Waals surface area contributed by atoms with E-state index in [2.05, 4.69) is 10.0 Å². The summed E-state index contributed by atoms with van der Waals surface area (Å²) >= 11 is 5.98. The van der Waals surface area contributed by atoms with Crippen molar-refractivity contribution >= 4 is 38.9 Å². The molecule has 3 aromatic carbocycles. The summed E-state index contributed by atoms with van der Waals surface area (Å²) in [6.45, 7) is 2.34. The van der Waals surface area contributed by atoms with Crippen LogP contribution in [0.2, 0.25) is 5.02 Å². The van der Waals surface area contributed by atoms with Gasteiger partial charge < -0.3 is 14.8 Å². The molecule has 0 saturated heterocycles. The van der Waals surface area contributed by atoms with E-state index in [0.29, 0.717) is 40.1 Å². The number of benzene rings is 3. The van der Waals surface area contributed by atoms with Crippen LogP contribution in [0.15, 0.2) is 71.6 Å². The highest BCUT2D eigenvalue weighted by Gasteiger charge is 2.15. The molecule has 3 rings (SSSR count). The van der Waals surface area contributed by atoms with Gasteiger partial charge in [-0.1, -0.05) is 11.6 Å². The minimum Gasteiger partial charge on any atom is -0.495 e. The molecule has 7 nitrogen and oxygen atoms in total. The van der Waals surface area contributed by atoms with Gasteiger partial charge in [-0.3, -0.25) is 9.52 Å². The fourth-order valence-electron chi connectivity index (χ4n) is 2.76. The van der Waals surface area contributed by atoms with Crippen molar-refractivity contribution in [3.05, 3.63) is 77.3 Å². The van der Waals surface area contributed by atoms with Crippen molar-refractivity contribution < 1.29 is 22.7 Å². The van der Waals surface area contributed by atoms with Crippen LogP contribution in [0.1, 0.15) is 17.3 Å². The Morgan fingerprint density at radius 3 is 2.29 bits per heavy atom. The first kappa shape index (κ1) is 22.5. The lowest BCUT2D eigenvalue weighted by molar-refractivity contribution is 0.102. The van der Waals surface area contributed by atoms with Crippen LogP contribution < -0.4 is 19.5 Å². The Labute approximate surface area is 186 Å². The summed E-state index contributed by atoms with van der Waals surface area (Å²) in [5.74, 6) is 0.673. The lowest BCUT2D eigenvalue weighted by Gasteiger charge is -2.12. The molecular weight excluding hydrogens is 440 g/mol. The van der Waals surface area contributed by atoms with Gasteiger partial charge in [0.15, 0.2) is 0 Å². The van der Waals surface area contributed by atoms with E-state index >= 15 is 0 Å². The minimum absolute atomic E-state index is 0.103. The molecule has 0 bridgehead atoms. The number of nitrogens with one attached hydrogen (secondary N) is 2. The predicted octanol–water partition coefficient (Wildman–Crippen LogP) is 4.80. The fraction of sp³-hybridized carbons (Fsp3) is 0.136. The normalized spacial score (nSPS) is 10.9. The van der Waals surface area contributed by atoms with Crippen LogP contribution in [0, 0.1) is 0 Å². The molecular formula is C22H21ClN2O5S. The first-order chi connectivity index (χ1) is 14.8. The first-order valence-corrected chi connectivity index (χ1v) is 11.2. The Morgan fingerprint density at radius 1 is 1.00 bits per heavy atom. The number of rotatable bonds is 8. The van der Waals surface area contributed by atoms with Crippen LogP contribution in [-0.4, -0.2) is 28.0 Å². The van der Waals surface area contributed by atoms with E-state index in [4.69, 9.17) is 21.1 Å². The third-order valence-electron chi connectivity index (χ3n) is 4.25. The van der Waals surface area contributed by atoms with Gasteiger partial charge in [0.1, 0.15) is 11.5 Å². The van der Waals surface area contributed by atoms with Gasteiger partial charge in [0, 0.05) is 16.3 Å². The summed E-state index contributed by atoms with van der Waals surface area (Å²) in [6.07, 6.45) is 0. The number of anilines is 2. The number of hydrogen-bond donors (Lipinski definition) is 2. The van der Waals surface area contributed by atoms with Crippen molar-refractivity contribution in [1.82, 2.24) is 0 Å². The number of carbonyl (C=O) groups is 1. The van der Waals surface area contributed by atoms with Gasteiger partial charge in [0.25, 0.3) is 15.9 Å². The van der Waals surface area contributed by atoms with E-state index in [0.717, 1.165) is 0 Å². The summed E-state index contributed by atoms with van der Waals surface area (Å²) in [6, 6.07) is 17.1. The maximum absolute atomic E-state index is 12.6. The van der Waals surface area contributed by atoms with Crippen LogP contribution in [-0.2, 0) is 10.0 Å². The lowest BCUT2D eigenvalue weighted by atomic mass is 10.2. The number of amides is 1. The molecule has 0 heterocycles. The number of carbonyl (C=O) groups excluding carboxylic acids is 1. The van der Waals surface area contributed by atoms with Crippen LogP contribution in [0.5, 0.6) is 11.5 Å². The zero-order valence-electron chi connectivity index (χ0n) is 16.9. The molecule has 162 valence electrons. The summed E-state index contributed by atoms with van der Waals surface area (Å²) in [5.41, 5.74) is 1.09. The van der Waals surface area contributed by atoms with E-state index in [1.54, 1.807) is 30.3 Å². The second-order valence-electron chi connectivity index (χ2n) is 6.39. The number of methoxy groups -OCH3 is 1. The van der Waals surface area contributed by atoms with E-state index < -0.39 is 10.0 Å². The Balaban J connectivity index is 1.71. The van der Waals surface area contributed by atoms with Gasteiger partial charge in [-0.2, -0.15) is 0 Å². The Bertz CT molecular complexity index is 1160. The molecule has 0 aliphatic rings. The SMILES string of the molecule is CCOc1ccc(S(=O)(=O)Nc2ccc(C(=O)Nc3cc(Cl)ccc3OC)cc2)cc1. The zero-order chi connectivity index (χ0) is 22.4. The highest BCUT2D eigenvalue weighted by atomic mass is 35.5. The largest absolute Gasteiger partial charge is 0.495 e. The maximum Gasteiger partial charge on any atom is 0.261 e. The molecule has 31 heavy (non-hydrogen) atoms. The van der Waals surface area contributed by atoms with Crippen LogP contribution >= 0.6 is 11.6 Å². The Morgan fingerprint density at radius 2 is 1.68 bits per heavy atom. The second kappa shape index (κ2) is 9.72. The molecule has 0 aromatic heterocycles. The molecule has 0 unspecified atom stereocenters. The summed E-state index contributed by atoms with van der Waals surface area (Å²) in [7, 11) is -2.29. The molecule has 0 atom stereocenters. The van der Waals surface area contributed by atoms with Crippen molar-refractivity contribution in [3.63, 3.8) is 0 Å². The van der Waals surface area contributed by atoms with Crippen LogP contribution in [0.3, 0.4) is 0 Å². The third kappa shape index (κ3) is 5.68. The number of hydrogen-bond acceptors (Lipinski definition) is 5. The van der Waals surface area contributed by atoms with Gasteiger partial charge in [-0.25, -0.2) is 8.42 Å². The van der Waals surface area contributed by atoms with Crippen molar-refractivity contribution in [2.24, 2.45) is 0 Å². The monoisotopic (exact) mass is 460 g/mol. The minimum atomic E-state index is -3.78. The van der Waals surface area contributed by atoms with Crippen molar-refractivity contribution in [1.29, 1.82) is 0 Å². The molecule has 0 fully saturated rings. The Hall–Kier alpha value is -3.23. The van der Waals surface area contributed by atoms with Gasteiger partial charge in [-0.05, 0) is 73.7 Å². The summed E-state index contributed by atoms with van der Waals surface area (Å²) < 4.78 is 38.2. The van der Waals surface area contributed by atoms with Crippen LogP contribution in [0.4, 0.5) is 11.4 Å². The average molecular weight is 461 g/mol. The summed E-state index contributed by atoms with van der Waals surface area (Å²) in [5, 5.41) is 3.18. The standard InChI is InChI=1S/C22H21ClN2O5S/c1-3-30-18-9-11-19(12-10-18)31(27,28)25-17-7-4-15(5-8-17)22(26)24-20-14-16(23)6-13-21(20)29-2/h4-14,25H,3H2,1-2H3,(H,24,26). The topological polar surface area (TPSA) is 93.7 Å². The van der Waals surface area contributed by atoms with E-state index in [1.807, 2.05) is 6.92 Å². The van der Waals surface area contributed by atoms with Crippen molar-refractivity contribution in [2.75, 3.05) is 23.8 Å². The highest BCUT2D eigenvalue weighted by Crippen LogP contribution is 2.28. The average Bonchev–Trinajstić information content (AvgIpc) is 2.75. The molecule has 3 aromatic rings. The highest BCUT2D eigenvalue weighted by molar-refractivity contribution is 7.92. The fourth-order valence-corrected chi connectivity index (χ4v) is 3.99. The third-order valence-corrected chi connectivity index (χ3v) is 5.89.